The van der Waals surface area contributed by atoms with Gasteiger partial charge in [0.1, 0.15) is 0 Å². The summed E-state index contributed by atoms with van der Waals surface area (Å²) in [5.74, 6) is -0.839. The highest BCUT2D eigenvalue weighted by atomic mass is 16.5. The minimum atomic E-state index is -0.850. The fourth-order valence-corrected chi connectivity index (χ4v) is 2.75. The topological polar surface area (TPSA) is 118 Å². The molecule has 0 heterocycles. The number of nitrogens with one attached hydrogen (secondary N) is 3. The first-order chi connectivity index (χ1) is 16.3. The van der Waals surface area contributed by atoms with Gasteiger partial charge in [-0.3, -0.25) is 14.4 Å². The maximum absolute atomic E-state index is 12.2. The third-order valence-electron chi connectivity index (χ3n) is 4.53. The van der Waals surface area contributed by atoms with E-state index >= 15 is 0 Å². The highest BCUT2D eigenvalue weighted by Crippen LogP contribution is 2.28. The number of hydrogen-bond acceptors (Lipinski definition) is 6. The van der Waals surface area contributed by atoms with E-state index < -0.39 is 11.8 Å². The van der Waals surface area contributed by atoms with E-state index in [-0.39, 0.29) is 18.4 Å². The summed E-state index contributed by atoms with van der Waals surface area (Å²) in [5.41, 5.74) is 4.68. The van der Waals surface area contributed by atoms with Crippen LogP contribution in [0.5, 0.6) is 11.5 Å². The monoisotopic (exact) mass is 468 g/mol. The van der Waals surface area contributed by atoms with Crippen molar-refractivity contribution < 1.29 is 23.9 Å². The van der Waals surface area contributed by atoms with E-state index in [0.29, 0.717) is 35.9 Å². The van der Waals surface area contributed by atoms with E-state index in [4.69, 9.17) is 9.47 Å². The van der Waals surface area contributed by atoms with E-state index in [1.165, 1.54) is 11.8 Å². The van der Waals surface area contributed by atoms with Crippen molar-refractivity contribution in [3.05, 3.63) is 53.6 Å². The SMILES string of the molecule is CCOc1cc(/C=N\NC(=O)C(=O)NCC(C)C)ccc1OCC(=O)Nc1ccc(CC)cc1. The summed E-state index contributed by atoms with van der Waals surface area (Å²) in [7, 11) is 0. The zero-order chi connectivity index (χ0) is 24.9. The molecule has 0 fully saturated rings. The highest BCUT2D eigenvalue weighted by molar-refractivity contribution is 6.35. The largest absolute Gasteiger partial charge is 0.490 e. The Balaban J connectivity index is 1.93. The molecule has 0 saturated heterocycles. The molecule has 2 rings (SSSR count). The molecule has 0 atom stereocenters. The van der Waals surface area contributed by atoms with Crippen LogP contribution >= 0.6 is 0 Å². The van der Waals surface area contributed by atoms with E-state index in [1.54, 1.807) is 18.2 Å². The van der Waals surface area contributed by atoms with Gasteiger partial charge in [0.25, 0.3) is 5.91 Å². The molecule has 0 aliphatic carbocycles. The van der Waals surface area contributed by atoms with Gasteiger partial charge >= 0.3 is 11.8 Å². The predicted molar refractivity (Wildman–Crippen MR) is 131 cm³/mol. The van der Waals surface area contributed by atoms with Crippen molar-refractivity contribution in [2.24, 2.45) is 11.0 Å². The van der Waals surface area contributed by atoms with Crippen LogP contribution in [0.4, 0.5) is 5.69 Å². The summed E-state index contributed by atoms with van der Waals surface area (Å²) in [6.07, 6.45) is 2.31. The average molecular weight is 469 g/mol. The summed E-state index contributed by atoms with van der Waals surface area (Å²) in [5, 5.41) is 9.11. The average Bonchev–Trinajstić information content (AvgIpc) is 2.82. The van der Waals surface area contributed by atoms with Crippen LogP contribution in [0.15, 0.2) is 47.6 Å². The Morgan fingerprint density at radius 2 is 1.71 bits per heavy atom. The van der Waals surface area contributed by atoms with Crippen molar-refractivity contribution in [1.29, 1.82) is 0 Å². The van der Waals surface area contributed by atoms with Crippen LogP contribution in [0.3, 0.4) is 0 Å². The normalized spacial score (nSPS) is 10.7. The van der Waals surface area contributed by atoms with Gasteiger partial charge in [-0.2, -0.15) is 5.10 Å². The quantitative estimate of drug-likeness (QED) is 0.266. The third kappa shape index (κ3) is 8.93. The van der Waals surface area contributed by atoms with Gasteiger partial charge in [0.15, 0.2) is 18.1 Å². The number of hydrazone groups is 1. The molecule has 2 aromatic carbocycles. The predicted octanol–water partition coefficient (Wildman–Crippen LogP) is 2.89. The first-order valence-corrected chi connectivity index (χ1v) is 11.2. The number of aryl methyl sites for hydroxylation is 1. The number of carbonyl (C=O) groups is 3. The number of benzene rings is 2. The lowest BCUT2D eigenvalue weighted by Gasteiger charge is -2.13. The Labute approximate surface area is 199 Å². The highest BCUT2D eigenvalue weighted by Gasteiger charge is 2.13. The van der Waals surface area contributed by atoms with Crippen molar-refractivity contribution in [3.8, 4) is 11.5 Å². The smallest absolute Gasteiger partial charge is 0.329 e. The molecular formula is C25H32N4O5. The second-order valence-electron chi connectivity index (χ2n) is 7.83. The zero-order valence-corrected chi connectivity index (χ0v) is 20.0. The fourth-order valence-electron chi connectivity index (χ4n) is 2.75. The lowest BCUT2D eigenvalue weighted by Crippen LogP contribution is -2.39. The van der Waals surface area contributed by atoms with Gasteiger partial charge in [0.2, 0.25) is 0 Å². The van der Waals surface area contributed by atoms with Gasteiger partial charge < -0.3 is 20.1 Å². The lowest BCUT2D eigenvalue weighted by atomic mass is 10.1. The number of nitrogens with zero attached hydrogens (tertiary/aromatic N) is 1. The molecule has 182 valence electrons. The van der Waals surface area contributed by atoms with Crippen LogP contribution in [0.1, 0.15) is 38.8 Å². The van der Waals surface area contributed by atoms with E-state index in [0.717, 1.165) is 6.42 Å². The standard InChI is InChI=1S/C25H32N4O5/c1-5-18-7-10-20(11-8-18)28-23(30)16-34-21-12-9-19(13-22(21)33-6-2)15-27-29-25(32)24(31)26-14-17(3)4/h7-13,15,17H,5-6,14,16H2,1-4H3,(H,26,31)(H,28,30)(H,29,32)/b27-15-. The minimum absolute atomic E-state index is 0.190. The second-order valence-corrected chi connectivity index (χ2v) is 7.83. The summed E-state index contributed by atoms with van der Waals surface area (Å²) < 4.78 is 11.2. The van der Waals surface area contributed by atoms with Crippen molar-refractivity contribution in [3.63, 3.8) is 0 Å². The third-order valence-corrected chi connectivity index (χ3v) is 4.53. The number of hydrogen-bond donors (Lipinski definition) is 3. The number of anilines is 1. The van der Waals surface area contributed by atoms with Crippen molar-refractivity contribution >= 4 is 29.6 Å². The fraction of sp³-hybridized carbons (Fsp3) is 0.360. The van der Waals surface area contributed by atoms with Gasteiger partial charge in [0, 0.05) is 12.2 Å². The molecule has 9 nitrogen and oxygen atoms in total. The Morgan fingerprint density at radius 1 is 0.971 bits per heavy atom. The van der Waals surface area contributed by atoms with Crippen LogP contribution in [0.25, 0.3) is 0 Å². The number of rotatable bonds is 11. The zero-order valence-electron chi connectivity index (χ0n) is 20.0. The van der Waals surface area contributed by atoms with Gasteiger partial charge in [-0.15, -0.1) is 0 Å². The number of ether oxygens (including phenoxy) is 2. The van der Waals surface area contributed by atoms with Crippen LogP contribution in [0.2, 0.25) is 0 Å². The number of carbonyl (C=O) groups excluding carboxylic acids is 3. The maximum Gasteiger partial charge on any atom is 0.329 e. The molecule has 0 aromatic heterocycles. The van der Waals surface area contributed by atoms with Gasteiger partial charge in [-0.05, 0) is 60.7 Å². The van der Waals surface area contributed by atoms with Crippen LogP contribution in [-0.2, 0) is 20.8 Å². The molecule has 0 saturated carbocycles. The molecule has 0 aliphatic heterocycles. The molecule has 0 aliphatic rings. The molecule has 34 heavy (non-hydrogen) atoms. The van der Waals surface area contributed by atoms with Crippen molar-refractivity contribution in [1.82, 2.24) is 10.7 Å². The molecule has 2 aromatic rings. The molecule has 0 spiro atoms. The summed E-state index contributed by atoms with van der Waals surface area (Å²) in [6, 6.07) is 12.6. The Morgan fingerprint density at radius 3 is 2.35 bits per heavy atom. The lowest BCUT2D eigenvalue weighted by molar-refractivity contribution is -0.139. The van der Waals surface area contributed by atoms with Crippen LogP contribution in [0, 0.1) is 5.92 Å². The second kappa shape index (κ2) is 13.6. The minimum Gasteiger partial charge on any atom is -0.490 e. The van der Waals surface area contributed by atoms with Gasteiger partial charge in [-0.25, -0.2) is 5.43 Å². The Hall–Kier alpha value is -3.88. The molecular weight excluding hydrogens is 436 g/mol. The van der Waals surface area contributed by atoms with Crippen LogP contribution < -0.4 is 25.5 Å². The van der Waals surface area contributed by atoms with Gasteiger partial charge in [0.05, 0.1) is 12.8 Å². The van der Waals surface area contributed by atoms with Gasteiger partial charge in [-0.1, -0.05) is 32.9 Å². The molecule has 0 radical (unpaired) electrons. The summed E-state index contributed by atoms with van der Waals surface area (Å²) in [6.45, 7) is 8.35. The van der Waals surface area contributed by atoms with Crippen LogP contribution in [-0.4, -0.2) is 43.7 Å². The van der Waals surface area contributed by atoms with Crippen molar-refractivity contribution in [2.45, 2.75) is 34.1 Å². The molecule has 9 heteroatoms. The number of amides is 3. The first kappa shape index (κ1) is 26.4. The molecule has 3 N–H and O–H groups in total. The Bertz CT molecular complexity index is 1000. The van der Waals surface area contributed by atoms with E-state index in [1.807, 2.05) is 45.0 Å². The molecule has 0 bridgehead atoms. The summed E-state index contributed by atoms with van der Waals surface area (Å²) in [4.78, 5) is 35.7. The van der Waals surface area contributed by atoms with E-state index in [2.05, 4.69) is 28.1 Å². The van der Waals surface area contributed by atoms with E-state index in [9.17, 15) is 14.4 Å². The maximum atomic E-state index is 12.2. The molecule has 0 unspecified atom stereocenters. The molecule has 3 amide bonds. The first-order valence-electron chi connectivity index (χ1n) is 11.2. The summed E-state index contributed by atoms with van der Waals surface area (Å²) >= 11 is 0. The van der Waals surface area contributed by atoms with Crippen molar-refractivity contribution in [2.75, 3.05) is 25.1 Å². The Kier molecular flexibility index (Phi) is 10.6.